The van der Waals surface area contributed by atoms with E-state index in [0.717, 1.165) is 30.9 Å². The second kappa shape index (κ2) is 8.09. The van der Waals surface area contributed by atoms with Gasteiger partial charge in [-0.3, -0.25) is 4.21 Å². The molecule has 1 aromatic rings. The fourth-order valence-corrected chi connectivity index (χ4v) is 2.31. The van der Waals surface area contributed by atoms with Gasteiger partial charge in [0.15, 0.2) is 0 Å². The molecule has 0 aliphatic heterocycles. The van der Waals surface area contributed by atoms with Gasteiger partial charge >= 0.3 is 0 Å². The maximum Gasteiger partial charge on any atom is 0.224 e. The highest BCUT2D eigenvalue weighted by atomic mass is 32.2. The molecule has 5 nitrogen and oxygen atoms in total. The van der Waals surface area contributed by atoms with Gasteiger partial charge in [0, 0.05) is 47.2 Å². The van der Waals surface area contributed by atoms with Crippen molar-refractivity contribution in [3.05, 3.63) is 11.8 Å². The lowest BCUT2D eigenvalue weighted by atomic mass is 10.2. The van der Waals surface area contributed by atoms with Gasteiger partial charge in [-0.15, -0.1) is 0 Å². The quantitative estimate of drug-likeness (QED) is 0.766. The lowest BCUT2D eigenvalue weighted by Crippen LogP contribution is -2.19. The van der Waals surface area contributed by atoms with Crippen molar-refractivity contribution >= 4 is 22.6 Å². The van der Waals surface area contributed by atoms with Crippen LogP contribution in [0.5, 0.6) is 0 Å². The molecule has 0 amide bonds. The SMILES string of the molecule is CCCNc1nc(C)cc(NC(C)CCS(C)=O)n1. The van der Waals surface area contributed by atoms with Gasteiger partial charge in [-0.1, -0.05) is 6.92 Å². The first kappa shape index (κ1) is 15.9. The van der Waals surface area contributed by atoms with Crippen LogP contribution in [0.25, 0.3) is 0 Å². The molecule has 0 aliphatic carbocycles. The highest BCUT2D eigenvalue weighted by Gasteiger charge is 2.06. The van der Waals surface area contributed by atoms with E-state index >= 15 is 0 Å². The van der Waals surface area contributed by atoms with Crippen LogP contribution >= 0.6 is 0 Å². The zero-order valence-electron chi connectivity index (χ0n) is 12.2. The minimum Gasteiger partial charge on any atom is -0.367 e. The standard InChI is InChI=1S/C13H24N4OS/c1-5-7-14-13-16-11(3)9-12(17-13)15-10(2)6-8-19(4)18/h9-10H,5-8H2,1-4H3,(H2,14,15,16,17). The van der Waals surface area contributed by atoms with Crippen molar-refractivity contribution in [2.75, 3.05) is 29.2 Å². The van der Waals surface area contributed by atoms with E-state index in [-0.39, 0.29) is 6.04 Å². The van der Waals surface area contributed by atoms with Gasteiger partial charge in [0.2, 0.25) is 5.95 Å². The van der Waals surface area contributed by atoms with Crippen molar-refractivity contribution in [2.24, 2.45) is 0 Å². The Morgan fingerprint density at radius 2 is 2.16 bits per heavy atom. The first-order chi connectivity index (χ1) is 9.01. The largest absolute Gasteiger partial charge is 0.367 e. The number of rotatable bonds is 8. The van der Waals surface area contributed by atoms with Crippen molar-refractivity contribution < 1.29 is 4.21 Å². The van der Waals surface area contributed by atoms with E-state index in [1.165, 1.54) is 0 Å². The zero-order chi connectivity index (χ0) is 14.3. The predicted octanol–water partition coefficient (Wildman–Crippen LogP) is 2.18. The normalized spacial score (nSPS) is 13.9. The van der Waals surface area contributed by atoms with E-state index in [9.17, 15) is 4.21 Å². The summed E-state index contributed by atoms with van der Waals surface area (Å²) in [5.41, 5.74) is 0.933. The van der Waals surface area contributed by atoms with Crippen LogP contribution in [0, 0.1) is 6.92 Å². The summed E-state index contributed by atoms with van der Waals surface area (Å²) in [6.07, 6.45) is 3.64. The van der Waals surface area contributed by atoms with Crippen LogP contribution in [0.4, 0.5) is 11.8 Å². The average molecular weight is 284 g/mol. The molecule has 0 bridgehead atoms. The molecular formula is C13H24N4OS. The van der Waals surface area contributed by atoms with Crippen molar-refractivity contribution in [1.29, 1.82) is 0 Å². The molecule has 1 aromatic heterocycles. The summed E-state index contributed by atoms with van der Waals surface area (Å²) in [6, 6.07) is 2.17. The first-order valence-electron chi connectivity index (χ1n) is 6.67. The second-order valence-electron chi connectivity index (χ2n) is 4.76. The van der Waals surface area contributed by atoms with Crippen molar-refractivity contribution in [2.45, 2.75) is 39.7 Å². The summed E-state index contributed by atoms with van der Waals surface area (Å²) in [4.78, 5) is 8.77. The molecule has 19 heavy (non-hydrogen) atoms. The molecule has 0 saturated carbocycles. The van der Waals surface area contributed by atoms with Crippen LogP contribution in [0.3, 0.4) is 0 Å². The maximum absolute atomic E-state index is 11.1. The third kappa shape index (κ3) is 6.52. The van der Waals surface area contributed by atoms with E-state index < -0.39 is 10.8 Å². The molecule has 0 aliphatic rings. The van der Waals surface area contributed by atoms with Crippen molar-refractivity contribution in [3.8, 4) is 0 Å². The lowest BCUT2D eigenvalue weighted by Gasteiger charge is -2.15. The Kier molecular flexibility index (Phi) is 6.77. The minimum absolute atomic E-state index is 0.247. The van der Waals surface area contributed by atoms with Crippen LogP contribution in [0.2, 0.25) is 0 Å². The number of aryl methyl sites for hydroxylation is 1. The van der Waals surface area contributed by atoms with E-state index in [1.807, 2.05) is 13.0 Å². The van der Waals surface area contributed by atoms with Gasteiger partial charge in [0.25, 0.3) is 0 Å². The van der Waals surface area contributed by atoms with Gasteiger partial charge in [0.1, 0.15) is 5.82 Å². The number of nitrogens with one attached hydrogen (secondary N) is 2. The minimum atomic E-state index is -0.742. The highest BCUT2D eigenvalue weighted by Crippen LogP contribution is 2.11. The van der Waals surface area contributed by atoms with Crippen molar-refractivity contribution in [1.82, 2.24) is 9.97 Å². The Bertz CT molecular complexity index is 425. The lowest BCUT2D eigenvalue weighted by molar-refractivity contribution is 0.678. The third-order valence-corrected chi connectivity index (χ3v) is 3.43. The smallest absolute Gasteiger partial charge is 0.224 e. The van der Waals surface area contributed by atoms with E-state index in [0.29, 0.717) is 11.7 Å². The molecule has 1 heterocycles. The summed E-state index contributed by atoms with van der Waals surface area (Å²) in [7, 11) is -0.742. The Hall–Kier alpha value is -1.17. The molecule has 0 aromatic carbocycles. The maximum atomic E-state index is 11.1. The van der Waals surface area contributed by atoms with Gasteiger partial charge < -0.3 is 10.6 Å². The van der Waals surface area contributed by atoms with E-state index in [1.54, 1.807) is 6.26 Å². The van der Waals surface area contributed by atoms with Gasteiger partial charge in [-0.2, -0.15) is 4.98 Å². The summed E-state index contributed by atoms with van der Waals surface area (Å²) in [6.45, 7) is 7.00. The highest BCUT2D eigenvalue weighted by molar-refractivity contribution is 7.84. The first-order valence-corrected chi connectivity index (χ1v) is 8.40. The molecule has 0 spiro atoms. The Balaban J connectivity index is 2.61. The van der Waals surface area contributed by atoms with Gasteiger partial charge in [-0.05, 0) is 26.7 Å². The number of hydrogen-bond donors (Lipinski definition) is 2. The monoisotopic (exact) mass is 284 g/mol. The molecule has 6 heteroatoms. The molecule has 1 rings (SSSR count). The Morgan fingerprint density at radius 3 is 2.79 bits per heavy atom. The fourth-order valence-electron chi connectivity index (χ4n) is 1.63. The molecule has 0 saturated heterocycles. The topological polar surface area (TPSA) is 66.9 Å². The summed E-state index contributed by atoms with van der Waals surface area (Å²) >= 11 is 0. The second-order valence-corrected chi connectivity index (χ2v) is 6.31. The molecule has 2 unspecified atom stereocenters. The summed E-state index contributed by atoms with van der Waals surface area (Å²) < 4.78 is 11.1. The number of nitrogens with zero attached hydrogens (tertiary/aromatic N) is 2. The predicted molar refractivity (Wildman–Crippen MR) is 82.2 cm³/mol. The third-order valence-electron chi connectivity index (χ3n) is 2.62. The van der Waals surface area contributed by atoms with Crippen molar-refractivity contribution in [3.63, 3.8) is 0 Å². The zero-order valence-corrected chi connectivity index (χ0v) is 13.0. The summed E-state index contributed by atoms with van der Waals surface area (Å²) in [5, 5.41) is 6.52. The number of aromatic nitrogens is 2. The number of anilines is 2. The Morgan fingerprint density at radius 1 is 1.42 bits per heavy atom. The van der Waals surface area contributed by atoms with Gasteiger partial charge in [0.05, 0.1) is 0 Å². The van der Waals surface area contributed by atoms with Crippen LogP contribution in [0.15, 0.2) is 6.07 Å². The van der Waals surface area contributed by atoms with Crippen LogP contribution in [-0.4, -0.2) is 38.8 Å². The van der Waals surface area contributed by atoms with E-state index in [4.69, 9.17) is 0 Å². The van der Waals surface area contributed by atoms with Crippen LogP contribution in [0.1, 0.15) is 32.4 Å². The average Bonchev–Trinajstić information content (AvgIpc) is 2.33. The van der Waals surface area contributed by atoms with Crippen LogP contribution in [-0.2, 0) is 10.8 Å². The van der Waals surface area contributed by atoms with Crippen LogP contribution < -0.4 is 10.6 Å². The Labute approximate surface area is 118 Å². The van der Waals surface area contributed by atoms with E-state index in [2.05, 4.69) is 34.4 Å². The molecule has 2 atom stereocenters. The summed E-state index contributed by atoms with van der Waals surface area (Å²) in [5.74, 6) is 2.19. The molecule has 0 radical (unpaired) electrons. The molecular weight excluding hydrogens is 260 g/mol. The fraction of sp³-hybridized carbons (Fsp3) is 0.692. The van der Waals surface area contributed by atoms with Gasteiger partial charge in [-0.25, -0.2) is 4.98 Å². The number of hydrogen-bond acceptors (Lipinski definition) is 5. The molecule has 0 fully saturated rings. The molecule has 2 N–H and O–H groups in total. The molecule has 108 valence electrons.